The molecule has 1 aromatic heterocycles. The van der Waals surface area contributed by atoms with Crippen molar-refractivity contribution in [2.45, 2.75) is 45.6 Å². The lowest BCUT2D eigenvalue weighted by Crippen LogP contribution is -2.00. The van der Waals surface area contributed by atoms with E-state index < -0.39 is 0 Å². The summed E-state index contributed by atoms with van der Waals surface area (Å²) >= 11 is 0. The number of para-hydroxylation sites is 2. The van der Waals surface area contributed by atoms with Crippen molar-refractivity contribution in [1.82, 2.24) is 9.55 Å². The summed E-state index contributed by atoms with van der Waals surface area (Å²) in [6.07, 6.45) is 10.8. The lowest BCUT2D eigenvalue weighted by molar-refractivity contribution is 0.573. The van der Waals surface area contributed by atoms with Gasteiger partial charge in [0.05, 0.1) is 11.0 Å². The Kier molecular flexibility index (Phi) is 5.84. The molecule has 0 unspecified atom stereocenters. The first-order valence-corrected chi connectivity index (χ1v) is 9.07. The topological polar surface area (TPSA) is 17.8 Å². The normalized spacial score (nSPS) is 11.5. The second-order valence-electron chi connectivity index (χ2n) is 6.27. The highest BCUT2D eigenvalue weighted by atomic mass is 15.1. The molecule has 1 heterocycles. The molecule has 0 saturated carbocycles. The van der Waals surface area contributed by atoms with Gasteiger partial charge in [-0.25, -0.2) is 4.98 Å². The van der Waals surface area contributed by atoms with Crippen molar-refractivity contribution in [3.05, 3.63) is 66.0 Å². The minimum atomic E-state index is 1.04. The molecule has 0 aliphatic carbocycles. The number of aryl methyl sites for hydroxylation is 1. The minimum absolute atomic E-state index is 1.04. The molecule has 0 aliphatic rings. The average Bonchev–Trinajstić information content (AvgIpc) is 2.98. The molecule has 0 fully saturated rings. The molecule has 24 heavy (non-hydrogen) atoms. The third kappa shape index (κ3) is 4.14. The molecule has 0 spiro atoms. The van der Waals surface area contributed by atoms with Gasteiger partial charge in [0.25, 0.3) is 0 Å². The molecule has 0 atom stereocenters. The number of rotatable bonds is 8. The standard InChI is InChI=1S/C22H26N2/c1-2-3-4-5-11-18-24-21-15-10-9-14-20(21)23-22(24)17-16-19-12-7-6-8-13-19/h6-10,12-17H,2-5,11,18H2,1H3. The Bertz CT molecular complexity index is 784. The first-order chi connectivity index (χ1) is 11.9. The predicted molar refractivity (Wildman–Crippen MR) is 104 cm³/mol. The summed E-state index contributed by atoms with van der Waals surface area (Å²) in [6.45, 7) is 3.30. The number of unbranched alkanes of at least 4 members (excludes halogenated alkanes) is 4. The number of aromatic nitrogens is 2. The van der Waals surface area contributed by atoms with Crippen molar-refractivity contribution in [3.8, 4) is 0 Å². The van der Waals surface area contributed by atoms with Crippen molar-refractivity contribution in [2.75, 3.05) is 0 Å². The zero-order valence-electron chi connectivity index (χ0n) is 14.5. The van der Waals surface area contributed by atoms with Crippen LogP contribution in [0.2, 0.25) is 0 Å². The maximum atomic E-state index is 4.82. The summed E-state index contributed by atoms with van der Waals surface area (Å²) in [6, 6.07) is 18.9. The van der Waals surface area contributed by atoms with Gasteiger partial charge < -0.3 is 4.57 Å². The SMILES string of the molecule is CCCCCCCn1c(C=Cc2ccccc2)nc2ccccc21. The summed E-state index contributed by atoms with van der Waals surface area (Å²) in [7, 11) is 0. The highest BCUT2D eigenvalue weighted by molar-refractivity contribution is 5.79. The Labute approximate surface area is 144 Å². The molecule has 0 bridgehead atoms. The molecule has 2 heteroatoms. The Morgan fingerprint density at radius 2 is 1.58 bits per heavy atom. The summed E-state index contributed by atoms with van der Waals surface area (Å²) in [5, 5.41) is 0. The molecule has 0 radical (unpaired) electrons. The van der Waals surface area contributed by atoms with Gasteiger partial charge in [-0.15, -0.1) is 0 Å². The van der Waals surface area contributed by atoms with E-state index in [9.17, 15) is 0 Å². The van der Waals surface area contributed by atoms with Crippen LogP contribution in [-0.2, 0) is 6.54 Å². The fraction of sp³-hybridized carbons (Fsp3) is 0.318. The molecule has 3 aromatic rings. The Morgan fingerprint density at radius 3 is 2.42 bits per heavy atom. The third-order valence-corrected chi connectivity index (χ3v) is 4.39. The molecule has 3 rings (SSSR count). The van der Waals surface area contributed by atoms with Crippen LogP contribution in [0, 0.1) is 0 Å². The van der Waals surface area contributed by atoms with Gasteiger partial charge in [0.15, 0.2) is 0 Å². The maximum absolute atomic E-state index is 4.82. The lowest BCUT2D eigenvalue weighted by Gasteiger charge is -2.07. The second-order valence-corrected chi connectivity index (χ2v) is 6.27. The van der Waals surface area contributed by atoms with Crippen molar-refractivity contribution in [2.24, 2.45) is 0 Å². The van der Waals surface area contributed by atoms with Crippen LogP contribution < -0.4 is 0 Å². The van der Waals surface area contributed by atoms with Gasteiger partial charge in [0, 0.05) is 6.54 Å². The first-order valence-electron chi connectivity index (χ1n) is 9.07. The quantitative estimate of drug-likeness (QED) is 0.454. The van der Waals surface area contributed by atoms with Crippen molar-refractivity contribution in [1.29, 1.82) is 0 Å². The van der Waals surface area contributed by atoms with Crippen molar-refractivity contribution < 1.29 is 0 Å². The van der Waals surface area contributed by atoms with Crippen molar-refractivity contribution >= 4 is 23.2 Å². The zero-order valence-corrected chi connectivity index (χ0v) is 14.5. The highest BCUT2D eigenvalue weighted by Crippen LogP contribution is 2.19. The number of nitrogens with zero attached hydrogens (tertiary/aromatic N) is 2. The lowest BCUT2D eigenvalue weighted by atomic mass is 10.1. The maximum Gasteiger partial charge on any atom is 0.133 e. The van der Waals surface area contributed by atoms with E-state index in [-0.39, 0.29) is 0 Å². The predicted octanol–water partition coefficient (Wildman–Crippen LogP) is 6.18. The van der Waals surface area contributed by atoms with E-state index >= 15 is 0 Å². The van der Waals surface area contributed by atoms with E-state index in [2.05, 4.69) is 72.2 Å². The minimum Gasteiger partial charge on any atom is -0.324 e. The molecule has 2 nitrogen and oxygen atoms in total. The van der Waals surface area contributed by atoms with Gasteiger partial charge in [0.1, 0.15) is 5.82 Å². The average molecular weight is 318 g/mol. The number of hydrogen-bond acceptors (Lipinski definition) is 1. The van der Waals surface area contributed by atoms with E-state index in [1.807, 2.05) is 6.07 Å². The first kappa shape index (κ1) is 16.5. The Hall–Kier alpha value is -2.35. The molecular weight excluding hydrogens is 292 g/mol. The van der Waals surface area contributed by atoms with E-state index in [0.29, 0.717) is 0 Å². The van der Waals surface area contributed by atoms with Gasteiger partial charge in [-0.3, -0.25) is 0 Å². The smallest absolute Gasteiger partial charge is 0.133 e. The van der Waals surface area contributed by atoms with Gasteiger partial charge in [-0.05, 0) is 30.2 Å². The number of benzene rings is 2. The van der Waals surface area contributed by atoms with E-state index in [1.54, 1.807) is 0 Å². The van der Waals surface area contributed by atoms with Crippen LogP contribution >= 0.6 is 0 Å². The summed E-state index contributed by atoms with van der Waals surface area (Å²) in [5.74, 6) is 1.05. The van der Waals surface area contributed by atoms with Crippen LogP contribution in [-0.4, -0.2) is 9.55 Å². The van der Waals surface area contributed by atoms with E-state index in [1.165, 1.54) is 43.2 Å². The van der Waals surface area contributed by atoms with E-state index in [0.717, 1.165) is 17.9 Å². The summed E-state index contributed by atoms with van der Waals surface area (Å²) < 4.78 is 2.36. The van der Waals surface area contributed by atoms with Gasteiger partial charge in [-0.1, -0.05) is 81.1 Å². The van der Waals surface area contributed by atoms with Gasteiger partial charge in [0.2, 0.25) is 0 Å². The second kappa shape index (κ2) is 8.49. The molecule has 0 saturated heterocycles. The Balaban J connectivity index is 1.80. The molecular formula is C22H26N2. The van der Waals surface area contributed by atoms with Crippen LogP contribution in [0.3, 0.4) is 0 Å². The number of fused-ring (bicyclic) bond motifs is 1. The largest absolute Gasteiger partial charge is 0.324 e. The van der Waals surface area contributed by atoms with Crippen LogP contribution in [0.5, 0.6) is 0 Å². The molecule has 2 aromatic carbocycles. The van der Waals surface area contributed by atoms with Crippen LogP contribution in [0.15, 0.2) is 54.6 Å². The molecule has 0 aliphatic heterocycles. The Morgan fingerprint density at radius 1 is 0.833 bits per heavy atom. The van der Waals surface area contributed by atoms with E-state index in [4.69, 9.17) is 4.98 Å². The monoisotopic (exact) mass is 318 g/mol. The fourth-order valence-corrected chi connectivity index (χ4v) is 3.06. The van der Waals surface area contributed by atoms with Crippen LogP contribution in [0.4, 0.5) is 0 Å². The summed E-state index contributed by atoms with van der Waals surface area (Å²) in [5.41, 5.74) is 3.53. The third-order valence-electron chi connectivity index (χ3n) is 4.39. The number of imidazole rings is 1. The zero-order chi connectivity index (χ0) is 16.6. The highest BCUT2D eigenvalue weighted by Gasteiger charge is 2.07. The number of hydrogen-bond donors (Lipinski definition) is 0. The van der Waals surface area contributed by atoms with Gasteiger partial charge in [-0.2, -0.15) is 0 Å². The van der Waals surface area contributed by atoms with Crippen LogP contribution in [0.25, 0.3) is 23.2 Å². The van der Waals surface area contributed by atoms with Gasteiger partial charge >= 0.3 is 0 Å². The molecule has 0 N–H and O–H groups in total. The summed E-state index contributed by atoms with van der Waals surface area (Å²) in [4.78, 5) is 4.82. The van der Waals surface area contributed by atoms with Crippen molar-refractivity contribution in [3.63, 3.8) is 0 Å². The molecule has 0 amide bonds. The molecule has 124 valence electrons. The fourth-order valence-electron chi connectivity index (χ4n) is 3.06. The van der Waals surface area contributed by atoms with Crippen LogP contribution in [0.1, 0.15) is 50.4 Å².